The molecule has 0 fully saturated rings. The van der Waals surface area contributed by atoms with Gasteiger partial charge < -0.3 is 9.15 Å². The summed E-state index contributed by atoms with van der Waals surface area (Å²) < 4.78 is 10.5. The second-order valence-corrected chi connectivity index (χ2v) is 5.38. The number of halogens is 1. The lowest BCUT2D eigenvalue weighted by Gasteiger charge is -2.10. The lowest BCUT2D eigenvalue weighted by atomic mass is 10.2. The molecule has 1 aromatic heterocycles. The van der Waals surface area contributed by atoms with Crippen LogP contribution in [0.3, 0.4) is 0 Å². The average Bonchev–Trinajstić information content (AvgIpc) is 2.99. The smallest absolute Gasteiger partial charge is 0.293 e. The Kier molecular flexibility index (Phi) is 5.72. The molecule has 0 unspecified atom stereocenters. The molecular weight excluding hydrogens is 386 g/mol. The number of benzene rings is 1. The van der Waals surface area contributed by atoms with Gasteiger partial charge in [-0.15, -0.1) is 0 Å². The Hall–Kier alpha value is -2.39. The van der Waals surface area contributed by atoms with Crippen molar-refractivity contribution < 1.29 is 18.7 Å². The van der Waals surface area contributed by atoms with Gasteiger partial charge in [-0.25, -0.2) is 0 Å². The number of nitrogens with one attached hydrogen (secondary N) is 3. The minimum atomic E-state index is -0.535. The highest BCUT2D eigenvalue weighted by atomic mass is 79.9. The Bertz CT molecular complexity index is 730. The van der Waals surface area contributed by atoms with E-state index in [1.165, 1.54) is 13.2 Å². The number of hydrogen-bond donors (Lipinski definition) is 3. The summed E-state index contributed by atoms with van der Waals surface area (Å²) in [4.78, 5) is 23.7. The number of ether oxygens (including phenoxy) is 1. The van der Waals surface area contributed by atoms with E-state index in [-0.39, 0.29) is 10.9 Å². The third-order valence-corrected chi connectivity index (χ3v) is 3.30. The van der Waals surface area contributed by atoms with Gasteiger partial charge in [0, 0.05) is 5.56 Å². The molecule has 0 aliphatic rings. The highest BCUT2D eigenvalue weighted by molar-refractivity contribution is 9.10. The summed E-state index contributed by atoms with van der Waals surface area (Å²) in [6.07, 6.45) is 0. The predicted molar refractivity (Wildman–Crippen MR) is 90.1 cm³/mol. The van der Waals surface area contributed by atoms with Crippen molar-refractivity contribution >= 4 is 45.1 Å². The summed E-state index contributed by atoms with van der Waals surface area (Å²) in [6.45, 7) is 0. The summed E-state index contributed by atoms with van der Waals surface area (Å²) >= 11 is 8.01. The summed E-state index contributed by atoms with van der Waals surface area (Å²) in [5.74, 6) is -0.221. The number of amides is 2. The van der Waals surface area contributed by atoms with Gasteiger partial charge in [0.05, 0.1) is 7.11 Å². The van der Waals surface area contributed by atoms with Crippen LogP contribution in [0.1, 0.15) is 20.9 Å². The van der Waals surface area contributed by atoms with E-state index in [0.29, 0.717) is 16.0 Å². The van der Waals surface area contributed by atoms with Crippen molar-refractivity contribution in [3.63, 3.8) is 0 Å². The second-order valence-electron chi connectivity index (χ2n) is 4.19. The van der Waals surface area contributed by atoms with E-state index in [1.54, 1.807) is 30.3 Å². The van der Waals surface area contributed by atoms with Gasteiger partial charge in [-0.3, -0.25) is 25.8 Å². The predicted octanol–water partition coefficient (Wildman–Crippen LogP) is 2.00. The molecule has 23 heavy (non-hydrogen) atoms. The van der Waals surface area contributed by atoms with E-state index < -0.39 is 11.8 Å². The molecule has 2 aromatic rings. The maximum atomic E-state index is 11.9. The zero-order chi connectivity index (χ0) is 16.8. The summed E-state index contributed by atoms with van der Waals surface area (Å²) in [7, 11) is 1.54. The van der Waals surface area contributed by atoms with Gasteiger partial charge in [-0.05, 0) is 64.5 Å². The van der Waals surface area contributed by atoms with Crippen molar-refractivity contribution in [2.24, 2.45) is 0 Å². The molecule has 2 rings (SSSR count). The molecule has 9 heteroatoms. The molecule has 0 aliphatic carbocycles. The van der Waals surface area contributed by atoms with E-state index in [9.17, 15) is 9.59 Å². The molecule has 7 nitrogen and oxygen atoms in total. The molecule has 1 aromatic carbocycles. The maximum Gasteiger partial charge on any atom is 0.293 e. The third-order valence-electron chi connectivity index (χ3n) is 2.67. The average molecular weight is 398 g/mol. The highest BCUT2D eigenvalue weighted by Gasteiger charge is 2.12. The van der Waals surface area contributed by atoms with Crippen LogP contribution in [0.2, 0.25) is 0 Å². The van der Waals surface area contributed by atoms with Crippen molar-refractivity contribution in [2.75, 3.05) is 7.11 Å². The van der Waals surface area contributed by atoms with Crippen LogP contribution >= 0.6 is 28.1 Å². The summed E-state index contributed by atoms with van der Waals surface area (Å²) in [5, 5.41) is 2.30. The molecular formula is C14H12BrN3O4S. The minimum absolute atomic E-state index is 0.0654. The number of hydrazine groups is 1. The first-order valence-electron chi connectivity index (χ1n) is 6.30. The lowest BCUT2D eigenvalue weighted by Crippen LogP contribution is -2.48. The quantitative estimate of drug-likeness (QED) is 0.541. The van der Waals surface area contributed by atoms with Crippen LogP contribution in [0, 0.1) is 0 Å². The molecule has 1 heterocycles. The van der Waals surface area contributed by atoms with Gasteiger partial charge >= 0.3 is 0 Å². The highest BCUT2D eigenvalue weighted by Crippen LogP contribution is 2.13. The van der Waals surface area contributed by atoms with Crippen molar-refractivity contribution in [3.05, 3.63) is 52.4 Å². The Morgan fingerprint density at radius 3 is 2.35 bits per heavy atom. The largest absolute Gasteiger partial charge is 0.497 e. The first kappa shape index (κ1) is 17.0. The third kappa shape index (κ3) is 4.80. The normalized spacial score (nSPS) is 9.83. The standard InChI is InChI=1S/C14H12BrN3O4S/c1-21-9-4-2-8(3-5-9)12(19)17-18-14(23)16-13(20)10-6-7-11(15)22-10/h2-7H,1H3,(H,17,19)(H2,16,18,20,23). The number of thiocarbonyl (C=S) groups is 1. The topological polar surface area (TPSA) is 92.6 Å². The fourth-order valence-electron chi connectivity index (χ4n) is 1.56. The summed E-state index contributed by atoms with van der Waals surface area (Å²) in [6, 6.07) is 9.57. The molecule has 0 radical (unpaired) electrons. The Labute approximate surface area is 145 Å². The fraction of sp³-hybridized carbons (Fsp3) is 0.0714. The minimum Gasteiger partial charge on any atom is -0.497 e. The number of furan rings is 1. The van der Waals surface area contributed by atoms with Crippen molar-refractivity contribution in [1.82, 2.24) is 16.2 Å². The van der Waals surface area contributed by atoms with Crippen LogP contribution in [0.15, 0.2) is 45.5 Å². The van der Waals surface area contributed by atoms with E-state index in [2.05, 4.69) is 32.1 Å². The van der Waals surface area contributed by atoms with Crippen LogP contribution < -0.4 is 20.9 Å². The van der Waals surface area contributed by atoms with E-state index >= 15 is 0 Å². The second kappa shape index (κ2) is 7.75. The monoisotopic (exact) mass is 397 g/mol. The zero-order valence-corrected chi connectivity index (χ0v) is 14.3. The molecule has 2 amide bonds. The van der Waals surface area contributed by atoms with Crippen LogP contribution in [-0.4, -0.2) is 24.0 Å². The number of carbonyl (C=O) groups excluding carboxylic acids is 2. The van der Waals surface area contributed by atoms with Gasteiger partial charge in [0.1, 0.15) is 5.75 Å². The van der Waals surface area contributed by atoms with Crippen molar-refractivity contribution in [1.29, 1.82) is 0 Å². The number of hydrogen-bond acceptors (Lipinski definition) is 5. The molecule has 0 atom stereocenters. The Balaban J connectivity index is 1.83. The maximum absolute atomic E-state index is 11.9. The van der Waals surface area contributed by atoms with Gasteiger partial charge in [-0.1, -0.05) is 0 Å². The Morgan fingerprint density at radius 1 is 1.09 bits per heavy atom. The number of carbonyl (C=O) groups is 2. The molecule has 3 N–H and O–H groups in total. The molecule has 0 spiro atoms. The Morgan fingerprint density at radius 2 is 1.78 bits per heavy atom. The van der Waals surface area contributed by atoms with Gasteiger partial charge in [0.15, 0.2) is 15.5 Å². The first-order valence-corrected chi connectivity index (χ1v) is 7.51. The van der Waals surface area contributed by atoms with Crippen molar-refractivity contribution in [2.45, 2.75) is 0 Å². The molecule has 120 valence electrons. The molecule has 0 bridgehead atoms. The van der Waals surface area contributed by atoms with Crippen LogP contribution in [0.25, 0.3) is 0 Å². The van der Waals surface area contributed by atoms with Gasteiger partial charge in [0.2, 0.25) is 0 Å². The van der Waals surface area contributed by atoms with Gasteiger partial charge in [-0.2, -0.15) is 0 Å². The fourth-order valence-corrected chi connectivity index (χ4v) is 2.01. The van der Waals surface area contributed by atoms with Crippen molar-refractivity contribution in [3.8, 4) is 5.75 Å². The van der Waals surface area contributed by atoms with Crippen LogP contribution in [0.5, 0.6) is 5.75 Å². The van der Waals surface area contributed by atoms with Crippen LogP contribution in [0.4, 0.5) is 0 Å². The van der Waals surface area contributed by atoms with Crippen LogP contribution in [-0.2, 0) is 0 Å². The van der Waals surface area contributed by atoms with E-state index in [4.69, 9.17) is 21.4 Å². The molecule has 0 aliphatic heterocycles. The summed E-state index contributed by atoms with van der Waals surface area (Å²) in [5.41, 5.74) is 5.21. The number of rotatable bonds is 3. The van der Waals surface area contributed by atoms with E-state index in [1.807, 2.05) is 0 Å². The molecule has 0 saturated heterocycles. The van der Waals surface area contributed by atoms with Gasteiger partial charge in [0.25, 0.3) is 11.8 Å². The lowest BCUT2D eigenvalue weighted by molar-refractivity contribution is 0.0926. The van der Waals surface area contributed by atoms with E-state index in [0.717, 1.165) is 0 Å². The molecule has 0 saturated carbocycles. The first-order chi connectivity index (χ1) is 11.0. The SMILES string of the molecule is COc1ccc(C(=O)NNC(=S)NC(=O)c2ccc(Br)o2)cc1. The zero-order valence-electron chi connectivity index (χ0n) is 11.9. The number of methoxy groups -OCH3 is 1.